The maximum atomic E-state index is 12.4. The Morgan fingerprint density at radius 1 is 0.292 bits per heavy atom. The van der Waals surface area contributed by atoms with Crippen LogP contribution >= 0.6 is 73.3 Å². The summed E-state index contributed by atoms with van der Waals surface area (Å²) in [5, 5.41) is 27.0. The number of Topliss-reactive ketones (excluding diaryl/α,β-unsaturated/α-hetero) is 5. The monoisotopic (exact) mass is 1330 g/mol. The molecule has 3 N–H and O–H groups in total. The van der Waals surface area contributed by atoms with Gasteiger partial charge in [-0.2, -0.15) is 0 Å². The van der Waals surface area contributed by atoms with Gasteiger partial charge >= 0.3 is 5.97 Å². The summed E-state index contributed by atoms with van der Waals surface area (Å²) in [4.78, 5) is 76.7. The van der Waals surface area contributed by atoms with Crippen molar-refractivity contribution in [1.82, 2.24) is 0 Å². The predicted octanol–water partition coefficient (Wildman–Crippen LogP) is 18.6. The minimum absolute atomic E-state index is 0.0199. The van der Waals surface area contributed by atoms with Crippen molar-refractivity contribution in [3.05, 3.63) is 140 Å². The lowest BCUT2D eigenvalue weighted by atomic mass is 9.94. The smallest absolute Gasteiger partial charge is 0.338 e. The molecule has 0 fully saturated rings. The molecule has 0 atom stereocenters. The van der Waals surface area contributed by atoms with Crippen LogP contribution in [-0.2, 0) is 4.74 Å². The minimum atomic E-state index is -0.530. The van der Waals surface area contributed by atoms with Crippen LogP contribution in [0.3, 0.4) is 0 Å². The first kappa shape index (κ1) is 82.1. The highest BCUT2D eigenvalue weighted by molar-refractivity contribution is 7.82. The Balaban J connectivity index is 0.000000598. The fourth-order valence-electron chi connectivity index (χ4n) is 8.74. The fourth-order valence-corrected chi connectivity index (χ4v) is 10.3. The molecule has 0 radical (unpaired) electrons. The van der Waals surface area contributed by atoms with Crippen molar-refractivity contribution in [3.63, 3.8) is 0 Å². The van der Waals surface area contributed by atoms with E-state index in [-0.39, 0.29) is 60.9 Å². The van der Waals surface area contributed by atoms with Gasteiger partial charge in [-0.1, -0.05) is 153 Å². The van der Waals surface area contributed by atoms with Gasteiger partial charge in [-0.3, -0.25) is 24.0 Å². The van der Waals surface area contributed by atoms with E-state index in [0.29, 0.717) is 85.6 Å². The second kappa shape index (κ2) is 48.0. The maximum absolute atomic E-state index is 12.4. The average molecular weight is 1330 g/mol. The van der Waals surface area contributed by atoms with Crippen molar-refractivity contribution in [2.45, 2.75) is 216 Å². The molecule has 0 spiro atoms. The molecule has 0 aromatic heterocycles. The zero-order chi connectivity index (χ0) is 66.8. The van der Waals surface area contributed by atoms with E-state index >= 15 is 0 Å². The van der Waals surface area contributed by atoms with E-state index < -0.39 is 5.97 Å². The Hall–Kier alpha value is -4.88. The summed E-state index contributed by atoms with van der Waals surface area (Å²) in [5.74, 6) is -0.861. The zero-order valence-corrected chi connectivity index (χ0v) is 59.3. The average Bonchev–Trinajstić information content (AvgIpc) is 3.42. The number of aliphatic hydroxyl groups is 3. The number of esters is 1. The van der Waals surface area contributed by atoms with Crippen LogP contribution in [0.1, 0.15) is 312 Å². The minimum Gasteiger partial charge on any atom is -0.462 e. The molecule has 0 aliphatic rings. The van der Waals surface area contributed by atoms with Crippen molar-refractivity contribution in [3.8, 4) is 0 Å². The van der Waals surface area contributed by atoms with Crippen LogP contribution < -0.4 is 0 Å². The third-order valence-corrected chi connectivity index (χ3v) is 16.8. The summed E-state index contributed by atoms with van der Waals surface area (Å²) < 4.78 is 4.84. The lowest BCUT2D eigenvalue weighted by Crippen LogP contribution is -2.08. The van der Waals surface area contributed by atoms with Crippen LogP contribution in [0.15, 0.2) is 72.8 Å². The molecule has 10 nitrogen and oxygen atoms in total. The van der Waals surface area contributed by atoms with Crippen LogP contribution in [0.2, 0.25) is 0 Å². The van der Waals surface area contributed by atoms with Crippen LogP contribution in [0.25, 0.3) is 0 Å². The fraction of sp³-hybridized carbons (Fsp3) is 0.507. The molecule has 0 saturated carbocycles. The predicted molar refractivity (Wildman–Crippen MR) is 391 cm³/mol. The van der Waals surface area contributed by atoms with E-state index in [1.165, 1.54) is 32.0 Å². The molecule has 0 aliphatic carbocycles. The number of benzene rings is 4. The Kier molecular flexibility index (Phi) is 44.2. The van der Waals surface area contributed by atoms with Gasteiger partial charge in [-0.05, 0) is 223 Å². The molecule has 486 valence electrons. The summed E-state index contributed by atoms with van der Waals surface area (Å²) >= 11 is 33.4. The van der Waals surface area contributed by atoms with E-state index in [1.807, 2.05) is 39.0 Å². The number of thiocarbonyl (C=S) groups is 6. The second-order valence-electron chi connectivity index (χ2n) is 21.9. The first-order valence-corrected chi connectivity index (χ1v) is 34.4. The topological polar surface area (TPSA) is 172 Å². The van der Waals surface area contributed by atoms with E-state index in [0.717, 1.165) is 159 Å². The highest BCUT2D eigenvalue weighted by atomic mass is 32.1. The van der Waals surface area contributed by atoms with Crippen molar-refractivity contribution < 1.29 is 48.8 Å². The first-order chi connectivity index (χ1) is 42.5. The van der Waals surface area contributed by atoms with Gasteiger partial charge in [0.25, 0.3) is 0 Å². The van der Waals surface area contributed by atoms with Gasteiger partial charge in [-0.15, -0.1) is 0 Å². The summed E-state index contributed by atoms with van der Waals surface area (Å²) in [7, 11) is 0. The second-order valence-corrected chi connectivity index (χ2v) is 24.9. The molecule has 0 aliphatic heterocycles. The maximum Gasteiger partial charge on any atom is 0.338 e. The van der Waals surface area contributed by atoms with Crippen LogP contribution in [0, 0.1) is 0 Å². The standard InChI is InChI=1S/C21H30O3.C21H30S3.C18H24O3S3.C13H14O4/c2*1-4-7-10-19(22)16-13-17(20(23)11-8-5-2)15-18(14-16)21(24)12-9-6-3;19-7-1-4-16(22)13-10-14(17(23)5-2-8-20)12-15(11-13)18(24)6-3-9-21;1-4-17-13(16)12-6-10(8(2)14)5-11(7-12)9(3)15/h2*13-15H,4-12H2,1-3H3;10-12,19-21H,1-9H2;5-7H,4H2,1-3H3. The lowest BCUT2D eigenvalue weighted by Gasteiger charge is -2.12. The van der Waals surface area contributed by atoms with Gasteiger partial charge in [0.05, 0.1) is 12.2 Å². The summed E-state index contributed by atoms with van der Waals surface area (Å²) in [5.41, 5.74) is 8.56. The quantitative estimate of drug-likeness (QED) is 0.0218. The van der Waals surface area contributed by atoms with Crippen molar-refractivity contribution >= 4 is 137 Å². The van der Waals surface area contributed by atoms with Gasteiger partial charge in [0.15, 0.2) is 28.9 Å². The number of carbonyl (C=O) groups excluding carboxylic acids is 6. The van der Waals surface area contributed by atoms with Gasteiger partial charge in [-0.25, -0.2) is 4.79 Å². The normalized spacial score (nSPS) is 10.5. The Morgan fingerprint density at radius 3 is 0.685 bits per heavy atom. The molecule has 4 rings (SSSR count). The summed E-state index contributed by atoms with van der Waals surface area (Å²) in [6.45, 7) is 17.7. The Bertz CT molecular complexity index is 2460. The molecular formula is C73H98O10S6. The molecule has 89 heavy (non-hydrogen) atoms. The van der Waals surface area contributed by atoms with Crippen LogP contribution in [-0.4, -0.2) is 106 Å². The number of hydrogen-bond acceptors (Lipinski definition) is 16. The van der Waals surface area contributed by atoms with Crippen molar-refractivity contribution in [1.29, 1.82) is 0 Å². The lowest BCUT2D eigenvalue weighted by molar-refractivity contribution is 0.0525. The number of ketones is 5. The third kappa shape index (κ3) is 32.3. The van der Waals surface area contributed by atoms with Gasteiger partial charge in [0, 0.05) is 96.1 Å². The van der Waals surface area contributed by atoms with Gasteiger partial charge < -0.3 is 20.1 Å². The molecule has 16 heteroatoms. The van der Waals surface area contributed by atoms with Crippen LogP contribution in [0.5, 0.6) is 0 Å². The highest BCUT2D eigenvalue weighted by Gasteiger charge is 2.18. The molecule has 0 heterocycles. The molecule has 0 bridgehead atoms. The van der Waals surface area contributed by atoms with E-state index in [9.17, 15) is 28.8 Å². The van der Waals surface area contributed by atoms with E-state index in [4.69, 9.17) is 93.4 Å². The van der Waals surface area contributed by atoms with Crippen LogP contribution in [0.4, 0.5) is 0 Å². The van der Waals surface area contributed by atoms with Crippen molar-refractivity contribution in [2.75, 3.05) is 26.4 Å². The number of rotatable bonds is 40. The zero-order valence-electron chi connectivity index (χ0n) is 54.4. The SMILES string of the molecule is CCCCC(=O)c1cc(C(=O)CCCC)cc(C(=O)CCCC)c1.CCCCC(=S)c1cc(C(=S)CCCC)cc(C(=S)CCCC)c1.CCOC(=O)c1cc(C(C)=O)cc(C(C)=O)c1.OCCCC(=S)c1cc(C(=S)CCCO)cc(C(=S)CCCO)c1. The number of unbranched alkanes of at least 4 members (excludes halogenated alkanes) is 6. The Labute approximate surface area is 564 Å². The number of hydrogen-bond donors (Lipinski definition) is 3. The summed E-state index contributed by atoms with van der Waals surface area (Å²) in [6, 6.07) is 21.8. The highest BCUT2D eigenvalue weighted by Crippen LogP contribution is 2.23. The molecule has 0 amide bonds. The molecule has 0 unspecified atom stereocenters. The van der Waals surface area contributed by atoms with Crippen molar-refractivity contribution in [2.24, 2.45) is 0 Å². The molecular weight excluding hydrogens is 1230 g/mol. The first-order valence-electron chi connectivity index (χ1n) is 32.0. The largest absolute Gasteiger partial charge is 0.462 e. The van der Waals surface area contributed by atoms with E-state index in [2.05, 4.69) is 39.0 Å². The van der Waals surface area contributed by atoms with E-state index in [1.54, 1.807) is 25.1 Å². The molecule has 0 saturated heterocycles. The number of ether oxygens (including phenoxy) is 1. The Morgan fingerprint density at radius 2 is 0.483 bits per heavy atom. The summed E-state index contributed by atoms with van der Waals surface area (Å²) in [6.07, 6.45) is 20.3. The number of carbonyl (C=O) groups is 6. The third-order valence-electron chi connectivity index (χ3n) is 14.2. The molecule has 4 aromatic rings. The van der Waals surface area contributed by atoms with Gasteiger partial charge in [0.2, 0.25) is 0 Å². The number of aliphatic hydroxyl groups excluding tert-OH is 3. The molecule has 4 aromatic carbocycles. The van der Waals surface area contributed by atoms with Gasteiger partial charge in [0.1, 0.15) is 0 Å².